The molecular weight excluding hydrogens is 396 g/mol. The molecule has 0 radical (unpaired) electrons. The quantitative estimate of drug-likeness (QED) is 0.141. The summed E-state index contributed by atoms with van der Waals surface area (Å²) < 4.78 is 12.3. The molecule has 0 unspecified atom stereocenters. The topological polar surface area (TPSA) is 18.5 Å². The first kappa shape index (κ1) is 28.4. The Kier molecular flexibility index (Phi) is 18.3. The highest BCUT2D eigenvalue weighted by Crippen LogP contribution is 2.18. The summed E-state index contributed by atoms with van der Waals surface area (Å²) in [5.41, 5.74) is 3.13. The zero-order chi connectivity index (χ0) is 22.6. The second kappa shape index (κ2) is 20.0. The summed E-state index contributed by atoms with van der Waals surface area (Å²) in [4.78, 5) is 0. The van der Waals surface area contributed by atoms with Gasteiger partial charge in [-0.05, 0) is 55.8 Å². The van der Waals surface area contributed by atoms with E-state index in [0.717, 1.165) is 13.2 Å². The molecule has 0 heterocycles. The third-order valence-electron chi connectivity index (χ3n) is 6.28. The van der Waals surface area contributed by atoms with Gasteiger partial charge in [-0.2, -0.15) is 0 Å². The van der Waals surface area contributed by atoms with E-state index in [4.69, 9.17) is 8.85 Å². The lowest BCUT2D eigenvalue weighted by Crippen LogP contribution is -2.40. The minimum atomic E-state index is -1.79. The van der Waals surface area contributed by atoms with Gasteiger partial charge in [-0.25, -0.2) is 0 Å². The van der Waals surface area contributed by atoms with Crippen LogP contribution in [0.1, 0.15) is 129 Å². The highest BCUT2D eigenvalue weighted by atomic mass is 28.3. The molecule has 3 heteroatoms. The van der Waals surface area contributed by atoms with Gasteiger partial charge in [0.1, 0.15) is 0 Å². The monoisotopic (exact) mass is 448 g/mol. The molecule has 1 aromatic rings. The summed E-state index contributed by atoms with van der Waals surface area (Å²) in [5.74, 6) is 0. The van der Waals surface area contributed by atoms with Gasteiger partial charge in [-0.15, -0.1) is 0 Å². The number of hydrogen-bond donors (Lipinski definition) is 0. The smallest absolute Gasteiger partial charge is 0.356 e. The number of benzene rings is 1. The molecule has 0 aromatic heterocycles. The van der Waals surface area contributed by atoms with Gasteiger partial charge in [0, 0.05) is 13.2 Å². The van der Waals surface area contributed by atoms with E-state index in [1.807, 2.05) is 0 Å². The maximum absolute atomic E-state index is 6.13. The molecule has 0 spiro atoms. The fourth-order valence-electron chi connectivity index (χ4n) is 4.48. The molecule has 0 N–H and O–H groups in total. The van der Waals surface area contributed by atoms with Crippen LogP contribution in [0.5, 0.6) is 0 Å². The predicted octanol–water partition coefficient (Wildman–Crippen LogP) is 7.77. The Bertz CT molecular complexity index is 526. The van der Waals surface area contributed by atoms with Crippen molar-refractivity contribution < 1.29 is 8.85 Å². The van der Waals surface area contributed by atoms with E-state index in [1.54, 1.807) is 11.1 Å². The van der Waals surface area contributed by atoms with Crippen LogP contribution in [0.3, 0.4) is 0 Å². The maximum atomic E-state index is 6.13. The van der Waals surface area contributed by atoms with Crippen molar-refractivity contribution in [2.45, 2.75) is 130 Å². The second-order valence-electron chi connectivity index (χ2n) is 8.97. The van der Waals surface area contributed by atoms with Gasteiger partial charge in [0.15, 0.2) is 0 Å². The van der Waals surface area contributed by atoms with Gasteiger partial charge < -0.3 is 8.85 Å². The lowest BCUT2D eigenvalue weighted by atomic mass is 9.96. The molecule has 180 valence electrons. The number of hydrogen-bond acceptors (Lipinski definition) is 2. The molecule has 31 heavy (non-hydrogen) atoms. The lowest BCUT2D eigenvalue weighted by Gasteiger charge is -2.21. The second-order valence-corrected chi connectivity index (χ2v) is 10.9. The molecule has 0 aliphatic rings. The van der Waals surface area contributed by atoms with E-state index in [1.165, 1.54) is 108 Å². The van der Waals surface area contributed by atoms with Crippen molar-refractivity contribution in [1.29, 1.82) is 0 Å². The summed E-state index contributed by atoms with van der Waals surface area (Å²) in [5, 5.41) is 1.41. The molecule has 0 bridgehead atoms. The van der Waals surface area contributed by atoms with Gasteiger partial charge in [0.05, 0.1) is 0 Å². The number of rotatable bonds is 21. The van der Waals surface area contributed by atoms with Crippen LogP contribution in [-0.4, -0.2) is 22.5 Å². The summed E-state index contributed by atoms with van der Waals surface area (Å²) in [6.07, 6.45) is 21.6. The fourth-order valence-corrected chi connectivity index (χ4v) is 6.42. The highest BCUT2D eigenvalue weighted by Gasteiger charge is 2.21. The normalized spacial score (nSPS) is 11.5. The van der Waals surface area contributed by atoms with Crippen LogP contribution in [0.25, 0.3) is 0 Å². The summed E-state index contributed by atoms with van der Waals surface area (Å²) in [6, 6.07) is 6.92. The van der Waals surface area contributed by atoms with E-state index in [2.05, 4.69) is 45.9 Å². The van der Waals surface area contributed by atoms with E-state index < -0.39 is 9.28 Å². The molecule has 0 saturated carbocycles. The third kappa shape index (κ3) is 12.8. The van der Waals surface area contributed by atoms with Crippen LogP contribution in [0.15, 0.2) is 18.2 Å². The SMILES string of the molecule is CCCCCCCCCc1cccc([SiH](OCC)OCC)c1CCCCCCCCC. The minimum Gasteiger partial charge on any atom is -0.394 e. The molecule has 1 aromatic carbocycles. The number of aryl methyl sites for hydroxylation is 1. The zero-order valence-electron chi connectivity index (χ0n) is 21.4. The van der Waals surface area contributed by atoms with Crippen LogP contribution < -0.4 is 5.19 Å². The summed E-state index contributed by atoms with van der Waals surface area (Å²) >= 11 is 0. The molecule has 1 rings (SSSR count). The Morgan fingerprint density at radius 1 is 0.581 bits per heavy atom. The largest absolute Gasteiger partial charge is 0.394 e. The summed E-state index contributed by atoms with van der Waals surface area (Å²) in [6.45, 7) is 10.3. The van der Waals surface area contributed by atoms with Crippen LogP contribution in [-0.2, 0) is 21.7 Å². The van der Waals surface area contributed by atoms with Crippen LogP contribution in [0.4, 0.5) is 0 Å². The Morgan fingerprint density at radius 2 is 1.06 bits per heavy atom. The lowest BCUT2D eigenvalue weighted by molar-refractivity contribution is 0.225. The molecule has 0 amide bonds. The van der Waals surface area contributed by atoms with Crippen molar-refractivity contribution in [2.24, 2.45) is 0 Å². The van der Waals surface area contributed by atoms with Gasteiger partial charge >= 0.3 is 9.28 Å². The first-order chi connectivity index (χ1) is 15.3. The van der Waals surface area contributed by atoms with E-state index in [9.17, 15) is 0 Å². The van der Waals surface area contributed by atoms with Crippen LogP contribution in [0.2, 0.25) is 0 Å². The minimum absolute atomic E-state index is 0.746. The average molecular weight is 449 g/mol. The van der Waals surface area contributed by atoms with Gasteiger partial charge in [0.25, 0.3) is 0 Å². The molecule has 0 atom stereocenters. The molecule has 0 fully saturated rings. The summed E-state index contributed by atoms with van der Waals surface area (Å²) in [7, 11) is -1.79. The van der Waals surface area contributed by atoms with Gasteiger partial charge in [0.2, 0.25) is 0 Å². The number of unbranched alkanes of at least 4 members (excludes halogenated alkanes) is 12. The van der Waals surface area contributed by atoms with E-state index >= 15 is 0 Å². The Hall–Kier alpha value is -0.643. The molecule has 0 saturated heterocycles. The van der Waals surface area contributed by atoms with Crippen molar-refractivity contribution >= 4 is 14.5 Å². The Labute approximate surface area is 196 Å². The van der Waals surface area contributed by atoms with E-state index in [-0.39, 0.29) is 0 Å². The Morgan fingerprint density at radius 3 is 1.58 bits per heavy atom. The van der Waals surface area contributed by atoms with Gasteiger partial charge in [-0.1, -0.05) is 109 Å². The first-order valence-corrected chi connectivity index (χ1v) is 15.1. The predicted molar refractivity (Wildman–Crippen MR) is 140 cm³/mol. The van der Waals surface area contributed by atoms with Crippen molar-refractivity contribution in [3.63, 3.8) is 0 Å². The first-order valence-electron chi connectivity index (χ1n) is 13.6. The standard InChI is InChI=1S/C28H52O2Si/c1-5-9-11-13-15-17-19-22-26-23-21-25-28(31(29-7-3)30-8-4)27(26)24-20-18-16-14-12-10-6-2/h21,23,25,31H,5-20,22,24H2,1-4H3. The molecule has 0 aliphatic carbocycles. The Balaban J connectivity index is 2.71. The maximum Gasteiger partial charge on any atom is 0.356 e. The molecular formula is C28H52O2Si. The third-order valence-corrected chi connectivity index (χ3v) is 8.60. The van der Waals surface area contributed by atoms with E-state index in [0.29, 0.717) is 0 Å². The van der Waals surface area contributed by atoms with Crippen LogP contribution >= 0.6 is 0 Å². The van der Waals surface area contributed by atoms with Gasteiger partial charge in [-0.3, -0.25) is 0 Å². The fraction of sp³-hybridized carbons (Fsp3) is 0.786. The van der Waals surface area contributed by atoms with Crippen molar-refractivity contribution in [2.75, 3.05) is 13.2 Å². The van der Waals surface area contributed by atoms with Crippen LogP contribution in [0, 0.1) is 0 Å². The molecule has 2 nitrogen and oxygen atoms in total. The highest BCUT2D eigenvalue weighted by molar-refractivity contribution is 6.61. The molecule has 0 aliphatic heterocycles. The zero-order valence-corrected chi connectivity index (χ0v) is 22.5. The van der Waals surface area contributed by atoms with Crippen molar-refractivity contribution in [1.82, 2.24) is 0 Å². The van der Waals surface area contributed by atoms with Crippen molar-refractivity contribution in [3.8, 4) is 0 Å². The average Bonchev–Trinajstić information content (AvgIpc) is 2.78. The van der Waals surface area contributed by atoms with Crippen molar-refractivity contribution in [3.05, 3.63) is 29.3 Å².